The Balaban J connectivity index is 1.56. The molecule has 0 fully saturated rings. The molecular weight excluding hydrogens is 548 g/mol. The highest BCUT2D eigenvalue weighted by Crippen LogP contribution is 2.14. The highest BCUT2D eigenvalue weighted by atomic mass is 32.2. The molecule has 0 spiro atoms. The molecule has 202 valence electrons. The van der Waals surface area contributed by atoms with Crippen molar-refractivity contribution in [2.24, 2.45) is 0 Å². The summed E-state index contributed by atoms with van der Waals surface area (Å²) < 4.78 is 65.5. The van der Waals surface area contributed by atoms with E-state index in [2.05, 4.69) is 16.8 Å². The van der Waals surface area contributed by atoms with Gasteiger partial charge >= 0.3 is 0 Å². The van der Waals surface area contributed by atoms with Gasteiger partial charge < -0.3 is 0 Å². The first-order valence-corrected chi connectivity index (χ1v) is 14.0. The van der Waals surface area contributed by atoms with Gasteiger partial charge in [0.25, 0.3) is 31.4 Å². The van der Waals surface area contributed by atoms with E-state index in [9.17, 15) is 26.4 Å². The van der Waals surface area contributed by atoms with Crippen molar-refractivity contribution in [1.29, 1.82) is 0 Å². The van der Waals surface area contributed by atoms with Gasteiger partial charge in [-0.2, -0.15) is 16.8 Å². The second kappa shape index (κ2) is 10.3. The summed E-state index contributed by atoms with van der Waals surface area (Å²) in [5.41, 5.74) is 0.813. The summed E-state index contributed by atoms with van der Waals surface area (Å²) in [6.07, 6.45) is 7.87. The van der Waals surface area contributed by atoms with Gasteiger partial charge in [0.05, 0.1) is 37.3 Å². The number of aromatic nitrogens is 4. The van der Waals surface area contributed by atoms with E-state index in [-0.39, 0.29) is 20.6 Å². The Morgan fingerprint density at radius 2 is 1.23 bits per heavy atom. The monoisotopic (exact) mass is 570 g/mol. The maximum atomic E-state index is 12.8. The molecule has 2 aromatic heterocycles. The molecule has 4 rings (SSSR count). The van der Waals surface area contributed by atoms with Crippen LogP contribution >= 0.6 is 0 Å². The molecule has 0 atom stereocenters. The summed E-state index contributed by atoms with van der Waals surface area (Å²) in [4.78, 5) is 25.0. The molecule has 2 aromatic carbocycles. The van der Waals surface area contributed by atoms with Crippen LogP contribution in [0, 0.1) is 6.92 Å². The second-order valence-corrected chi connectivity index (χ2v) is 11.1. The molecule has 0 saturated carbocycles. The molecule has 14 heteroatoms. The third-order valence-electron chi connectivity index (χ3n) is 5.66. The fraction of sp³-hybridized carbons (Fsp3) is 0.0400. The third-order valence-corrected chi connectivity index (χ3v) is 7.39. The van der Waals surface area contributed by atoms with Gasteiger partial charge in [-0.15, -0.1) is 0 Å². The Kier molecular flexibility index (Phi) is 7.30. The zero-order chi connectivity index (χ0) is 28.5. The average molecular weight is 571 g/mol. The van der Waals surface area contributed by atoms with E-state index in [4.69, 9.17) is 9.11 Å². The number of nitrogens with one attached hydrogen (secondary N) is 2. The minimum atomic E-state index is -4.36. The molecule has 0 saturated heterocycles. The van der Waals surface area contributed by atoms with Crippen molar-refractivity contribution in [2.75, 3.05) is 0 Å². The lowest BCUT2D eigenvalue weighted by atomic mass is 10.2. The molecule has 0 radical (unpaired) electrons. The van der Waals surface area contributed by atoms with Gasteiger partial charge in [0.1, 0.15) is 0 Å². The first-order valence-electron chi connectivity index (χ1n) is 11.1. The second-order valence-electron chi connectivity index (χ2n) is 8.28. The summed E-state index contributed by atoms with van der Waals surface area (Å²) >= 11 is 0. The Bertz CT molecular complexity index is 2060. The van der Waals surface area contributed by atoms with Crippen molar-refractivity contribution in [2.45, 2.75) is 16.7 Å². The molecule has 0 bridgehead atoms. The number of aromatic amines is 2. The van der Waals surface area contributed by atoms with E-state index in [1.165, 1.54) is 64.0 Å². The van der Waals surface area contributed by atoms with Crippen molar-refractivity contribution >= 4 is 39.0 Å². The van der Waals surface area contributed by atoms with E-state index in [1.54, 1.807) is 31.2 Å². The Morgan fingerprint density at radius 1 is 0.744 bits per heavy atom. The van der Waals surface area contributed by atoms with Crippen molar-refractivity contribution in [3.63, 3.8) is 0 Å². The van der Waals surface area contributed by atoms with E-state index >= 15 is 0 Å². The van der Waals surface area contributed by atoms with E-state index in [1.807, 2.05) is 0 Å². The van der Waals surface area contributed by atoms with Gasteiger partial charge in [0.15, 0.2) is 0 Å². The van der Waals surface area contributed by atoms with Crippen molar-refractivity contribution in [3.05, 3.63) is 109 Å². The SMILES string of the molecule is C=c1[nH]n(-c2ccc(S(=O)(=O)O)cc2)c(=O)\c1=C/C=C/C=C/c1c(C)[nH]n(-c2ccc(S(=O)(=O)O)cc2)c1=O. The normalized spacial score (nSPS) is 13.2. The van der Waals surface area contributed by atoms with Crippen LogP contribution in [0.25, 0.3) is 30.1 Å². The molecule has 12 nitrogen and oxygen atoms in total. The topological polar surface area (TPSA) is 184 Å². The van der Waals surface area contributed by atoms with Crippen molar-refractivity contribution in [3.8, 4) is 11.4 Å². The van der Waals surface area contributed by atoms with Crippen LogP contribution in [0.2, 0.25) is 0 Å². The Labute approximate surface area is 221 Å². The number of hydrogen-bond donors (Lipinski definition) is 4. The number of nitrogens with zero attached hydrogens (tertiary/aromatic N) is 2. The number of aryl methyl sites for hydroxylation is 1. The van der Waals surface area contributed by atoms with Crippen LogP contribution in [0.3, 0.4) is 0 Å². The summed E-state index contributed by atoms with van der Waals surface area (Å²) in [5.74, 6) is 0. The van der Waals surface area contributed by atoms with Crippen LogP contribution in [0.5, 0.6) is 0 Å². The van der Waals surface area contributed by atoms with Crippen molar-refractivity contribution < 1.29 is 25.9 Å². The summed E-state index contributed by atoms with van der Waals surface area (Å²) in [5, 5.41) is 6.28. The van der Waals surface area contributed by atoms with Crippen LogP contribution in [-0.2, 0) is 20.2 Å². The van der Waals surface area contributed by atoms with Gasteiger partial charge in [-0.05, 0) is 67.6 Å². The number of hydrogen-bond acceptors (Lipinski definition) is 6. The zero-order valence-electron chi connectivity index (χ0n) is 20.3. The van der Waals surface area contributed by atoms with Crippen LogP contribution in [0.4, 0.5) is 0 Å². The van der Waals surface area contributed by atoms with Gasteiger partial charge in [-0.25, -0.2) is 9.36 Å². The van der Waals surface area contributed by atoms with Gasteiger partial charge in [0, 0.05) is 5.69 Å². The molecule has 39 heavy (non-hydrogen) atoms. The molecule has 0 aliphatic carbocycles. The molecule has 0 amide bonds. The van der Waals surface area contributed by atoms with Gasteiger partial charge in [-0.3, -0.25) is 28.9 Å². The highest BCUT2D eigenvalue weighted by molar-refractivity contribution is 7.86. The Hall–Kier alpha value is -4.50. The molecule has 0 unspecified atom stereocenters. The lowest BCUT2D eigenvalue weighted by molar-refractivity contribution is 0.481. The maximum absolute atomic E-state index is 12.8. The van der Waals surface area contributed by atoms with Crippen molar-refractivity contribution in [1.82, 2.24) is 19.6 Å². The minimum absolute atomic E-state index is 0.257. The number of H-pyrrole nitrogens is 2. The van der Waals surface area contributed by atoms with Crippen LogP contribution in [0.1, 0.15) is 11.3 Å². The molecule has 2 heterocycles. The molecule has 4 aromatic rings. The number of allylic oxidation sites excluding steroid dienone is 3. The standard InChI is InChI=1S/C25H22N4O8S2/c1-16-22(24(30)28(26-16)18-8-12-20(13-9-18)38(32,33)34)6-4-3-5-7-23-17(2)27-29(25(23)31)19-10-14-21(15-11-19)39(35,36)37/h3-15,26-27H,1H2,2H3,(H,32,33,34)(H,35,36,37)/b4-3+,7-5+,22-6-. The van der Waals surface area contributed by atoms with Gasteiger partial charge in [-0.1, -0.05) is 24.8 Å². The largest absolute Gasteiger partial charge is 0.295 e. The summed E-state index contributed by atoms with van der Waals surface area (Å²) in [6.45, 7) is 5.51. The third kappa shape index (κ3) is 5.83. The fourth-order valence-electron chi connectivity index (χ4n) is 3.69. The lowest BCUT2D eigenvalue weighted by Gasteiger charge is -2.02. The summed E-state index contributed by atoms with van der Waals surface area (Å²) in [6, 6.07) is 10.2. The van der Waals surface area contributed by atoms with Crippen LogP contribution < -0.4 is 21.7 Å². The number of benzene rings is 2. The molecule has 4 N–H and O–H groups in total. The predicted octanol–water partition coefficient (Wildman–Crippen LogP) is 0.907. The van der Waals surface area contributed by atoms with Crippen LogP contribution in [0.15, 0.2) is 86.1 Å². The first kappa shape index (κ1) is 27.5. The van der Waals surface area contributed by atoms with E-state index in [0.717, 1.165) is 0 Å². The zero-order valence-corrected chi connectivity index (χ0v) is 21.9. The maximum Gasteiger partial charge on any atom is 0.294 e. The van der Waals surface area contributed by atoms with Crippen LogP contribution in [-0.4, -0.2) is 45.5 Å². The lowest BCUT2D eigenvalue weighted by Crippen LogP contribution is -2.33. The smallest absolute Gasteiger partial charge is 0.294 e. The van der Waals surface area contributed by atoms with Gasteiger partial charge in [0.2, 0.25) is 0 Å². The fourth-order valence-corrected chi connectivity index (χ4v) is 4.65. The quantitative estimate of drug-likeness (QED) is 0.187. The molecule has 0 aliphatic rings. The summed E-state index contributed by atoms with van der Waals surface area (Å²) in [7, 11) is -8.71. The highest BCUT2D eigenvalue weighted by Gasteiger charge is 2.13. The van der Waals surface area contributed by atoms with E-state index < -0.39 is 25.8 Å². The minimum Gasteiger partial charge on any atom is -0.295 e. The first-order chi connectivity index (χ1) is 18.3. The molecular formula is C25H22N4O8S2. The predicted molar refractivity (Wildman–Crippen MR) is 145 cm³/mol. The Morgan fingerprint density at radius 3 is 1.72 bits per heavy atom. The molecule has 0 aliphatic heterocycles. The average Bonchev–Trinajstić information content (AvgIpc) is 3.32. The van der Waals surface area contributed by atoms with E-state index in [0.29, 0.717) is 28.0 Å². The number of rotatable bonds is 7.